The van der Waals surface area contributed by atoms with Crippen LogP contribution in [-0.4, -0.2) is 55.9 Å². The highest BCUT2D eigenvalue weighted by Gasteiger charge is 2.28. The molecule has 0 aromatic carbocycles. The molecule has 0 bridgehead atoms. The Balaban J connectivity index is 1.56. The van der Waals surface area contributed by atoms with Crippen LogP contribution in [0, 0.1) is 0 Å². The third-order valence-electron chi connectivity index (χ3n) is 4.97. The van der Waals surface area contributed by atoms with Crippen LogP contribution in [0.1, 0.15) is 23.3 Å². The lowest BCUT2D eigenvalue weighted by atomic mass is 10.1. The summed E-state index contributed by atoms with van der Waals surface area (Å²) < 4.78 is 38.6. The summed E-state index contributed by atoms with van der Waals surface area (Å²) in [4.78, 5) is 25.4. The zero-order valence-corrected chi connectivity index (χ0v) is 16.9. The minimum absolute atomic E-state index is 0.0118. The maximum Gasteiger partial charge on any atom is 0.408 e. The van der Waals surface area contributed by atoms with Gasteiger partial charge in [0.15, 0.2) is 11.5 Å². The zero-order chi connectivity index (χ0) is 22.7. The van der Waals surface area contributed by atoms with E-state index in [1.54, 1.807) is 12.1 Å². The minimum Gasteiger partial charge on any atom is -0.382 e. The Morgan fingerprint density at radius 1 is 1.25 bits per heavy atom. The van der Waals surface area contributed by atoms with Crippen LogP contribution in [0.25, 0.3) is 22.5 Å². The molecule has 168 valence electrons. The number of aromatic nitrogens is 5. The van der Waals surface area contributed by atoms with Gasteiger partial charge in [0.05, 0.1) is 23.8 Å². The van der Waals surface area contributed by atoms with Crippen LogP contribution >= 0.6 is 0 Å². The number of alkyl halides is 3. The number of nitrogen functional groups attached to an aromatic ring is 1. The first-order valence-electron chi connectivity index (χ1n) is 9.98. The maximum absolute atomic E-state index is 12.7. The smallest absolute Gasteiger partial charge is 0.382 e. The van der Waals surface area contributed by atoms with E-state index in [0.29, 0.717) is 29.1 Å². The fourth-order valence-corrected chi connectivity index (χ4v) is 3.45. The van der Waals surface area contributed by atoms with Crippen LogP contribution in [0.5, 0.6) is 0 Å². The molecule has 0 aliphatic carbocycles. The minimum atomic E-state index is -4.37. The molecule has 1 fully saturated rings. The lowest BCUT2D eigenvalue weighted by Crippen LogP contribution is -2.46. The fraction of sp³-hybridized carbons (Fsp3) is 0.350. The van der Waals surface area contributed by atoms with Gasteiger partial charge in [-0.15, -0.1) is 0 Å². The molecule has 1 saturated heterocycles. The summed E-state index contributed by atoms with van der Waals surface area (Å²) in [6, 6.07) is 3.29. The van der Waals surface area contributed by atoms with Gasteiger partial charge in [-0.05, 0) is 31.5 Å². The van der Waals surface area contributed by atoms with Crippen molar-refractivity contribution in [3.05, 3.63) is 42.6 Å². The van der Waals surface area contributed by atoms with Crippen molar-refractivity contribution in [1.29, 1.82) is 0 Å². The van der Waals surface area contributed by atoms with Gasteiger partial charge in [0.25, 0.3) is 5.91 Å². The van der Waals surface area contributed by atoms with Gasteiger partial charge in [0, 0.05) is 36.1 Å². The third kappa shape index (κ3) is 5.19. The van der Waals surface area contributed by atoms with E-state index in [-0.39, 0.29) is 17.6 Å². The van der Waals surface area contributed by atoms with Crippen LogP contribution in [0.2, 0.25) is 0 Å². The Morgan fingerprint density at radius 3 is 2.84 bits per heavy atom. The van der Waals surface area contributed by atoms with E-state index in [1.807, 2.05) is 0 Å². The average Bonchev–Trinajstić information content (AvgIpc) is 3.21. The summed E-state index contributed by atoms with van der Waals surface area (Å²) in [7, 11) is 0. The number of hydrogen-bond acceptors (Lipinski definition) is 7. The van der Waals surface area contributed by atoms with Crippen LogP contribution in [0.3, 0.4) is 0 Å². The second-order valence-corrected chi connectivity index (χ2v) is 7.48. The molecular formula is C20H21F3N8O. The molecule has 1 aliphatic rings. The van der Waals surface area contributed by atoms with E-state index in [2.05, 4.69) is 30.7 Å². The van der Waals surface area contributed by atoms with Crippen LogP contribution in [0.4, 0.5) is 19.0 Å². The van der Waals surface area contributed by atoms with E-state index in [9.17, 15) is 18.0 Å². The molecule has 3 aromatic heterocycles. The van der Waals surface area contributed by atoms with Crippen molar-refractivity contribution in [3.63, 3.8) is 0 Å². The lowest BCUT2D eigenvalue weighted by Gasteiger charge is -2.23. The number of rotatable bonds is 5. The summed E-state index contributed by atoms with van der Waals surface area (Å²) in [5, 5.41) is 9.87. The largest absolute Gasteiger partial charge is 0.408 e. The number of nitrogens with zero attached hydrogens (tertiary/aromatic N) is 5. The second kappa shape index (κ2) is 8.91. The molecule has 4 heterocycles. The Morgan fingerprint density at radius 2 is 2.09 bits per heavy atom. The predicted molar refractivity (Wildman–Crippen MR) is 110 cm³/mol. The number of carbonyl (C=O) groups is 1. The summed E-state index contributed by atoms with van der Waals surface area (Å²) >= 11 is 0. The van der Waals surface area contributed by atoms with Gasteiger partial charge in [-0.1, -0.05) is 0 Å². The number of anilines is 1. The van der Waals surface area contributed by atoms with Crippen LogP contribution in [-0.2, 0) is 6.54 Å². The number of halogens is 3. The molecule has 1 amide bonds. The summed E-state index contributed by atoms with van der Waals surface area (Å²) in [5.74, 6) is -0.397. The van der Waals surface area contributed by atoms with E-state index in [4.69, 9.17) is 5.73 Å². The number of piperidine rings is 1. The molecule has 4 rings (SSSR count). The Bertz CT molecular complexity index is 1110. The number of pyridine rings is 1. The van der Waals surface area contributed by atoms with Gasteiger partial charge in [0.1, 0.15) is 6.54 Å². The highest BCUT2D eigenvalue weighted by molar-refractivity contribution is 5.97. The zero-order valence-electron chi connectivity index (χ0n) is 16.9. The van der Waals surface area contributed by atoms with Gasteiger partial charge >= 0.3 is 6.18 Å². The highest BCUT2D eigenvalue weighted by Crippen LogP contribution is 2.25. The molecule has 32 heavy (non-hydrogen) atoms. The predicted octanol–water partition coefficient (Wildman–Crippen LogP) is 2.03. The molecule has 4 N–H and O–H groups in total. The quantitative estimate of drug-likeness (QED) is 0.548. The van der Waals surface area contributed by atoms with Gasteiger partial charge < -0.3 is 16.4 Å². The van der Waals surface area contributed by atoms with E-state index >= 15 is 0 Å². The van der Waals surface area contributed by atoms with E-state index in [1.165, 1.54) is 24.8 Å². The van der Waals surface area contributed by atoms with Crippen molar-refractivity contribution in [2.75, 3.05) is 18.8 Å². The van der Waals surface area contributed by atoms with Crippen molar-refractivity contribution < 1.29 is 18.0 Å². The van der Waals surface area contributed by atoms with E-state index in [0.717, 1.165) is 24.1 Å². The first-order chi connectivity index (χ1) is 15.3. The van der Waals surface area contributed by atoms with E-state index < -0.39 is 18.6 Å². The number of nitrogens with one attached hydrogen (secondary N) is 2. The van der Waals surface area contributed by atoms with Crippen molar-refractivity contribution in [2.24, 2.45) is 0 Å². The SMILES string of the molecule is Nc1ncc(-c2ccnc(-c3cnn(CC(F)(F)F)c3)c2)nc1C(=O)NC1CCCNC1. The number of nitrogens with two attached hydrogens (primary N) is 1. The van der Waals surface area contributed by atoms with Crippen molar-refractivity contribution in [2.45, 2.75) is 31.6 Å². The van der Waals surface area contributed by atoms with Gasteiger partial charge in [-0.25, -0.2) is 9.97 Å². The molecule has 12 heteroatoms. The molecule has 3 aromatic rings. The second-order valence-electron chi connectivity index (χ2n) is 7.48. The first-order valence-corrected chi connectivity index (χ1v) is 9.98. The molecule has 1 aliphatic heterocycles. The Hall–Kier alpha value is -3.54. The average molecular weight is 446 g/mol. The number of carbonyl (C=O) groups excluding carboxylic acids is 1. The van der Waals surface area contributed by atoms with Crippen molar-refractivity contribution in [3.8, 4) is 22.5 Å². The molecular weight excluding hydrogens is 425 g/mol. The van der Waals surface area contributed by atoms with Gasteiger partial charge in [-0.2, -0.15) is 18.3 Å². The fourth-order valence-electron chi connectivity index (χ4n) is 3.45. The van der Waals surface area contributed by atoms with Crippen LogP contribution in [0.15, 0.2) is 36.9 Å². The number of amides is 1. The normalized spacial score (nSPS) is 16.7. The Labute approximate surface area is 181 Å². The summed E-state index contributed by atoms with van der Waals surface area (Å²) in [6.45, 7) is 0.406. The molecule has 0 spiro atoms. The molecule has 9 nitrogen and oxygen atoms in total. The van der Waals surface area contributed by atoms with Crippen LogP contribution < -0.4 is 16.4 Å². The highest BCUT2D eigenvalue weighted by atomic mass is 19.4. The summed E-state index contributed by atoms with van der Waals surface area (Å²) in [5.41, 5.74) is 7.70. The molecule has 1 atom stereocenters. The lowest BCUT2D eigenvalue weighted by molar-refractivity contribution is -0.142. The monoisotopic (exact) mass is 446 g/mol. The van der Waals surface area contributed by atoms with Gasteiger partial charge in [-0.3, -0.25) is 14.5 Å². The topological polar surface area (TPSA) is 124 Å². The number of hydrogen-bond donors (Lipinski definition) is 3. The maximum atomic E-state index is 12.7. The third-order valence-corrected chi connectivity index (χ3v) is 4.97. The standard InChI is InChI=1S/C20H21F3N8O/c21-20(22,23)11-31-10-13(7-28-31)15-6-12(3-5-26-15)16-9-27-18(24)17(30-16)19(32)29-14-2-1-4-25-8-14/h3,5-7,9-10,14,25H,1-2,4,8,11H2,(H2,24,27)(H,29,32). The Kier molecular flexibility index (Phi) is 6.04. The van der Waals surface area contributed by atoms with Crippen molar-refractivity contribution in [1.82, 2.24) is 35.4 Å². The van der Waals surface area contributed by atoms with Gasteiger partial charge in [0.2, 0.25) is 0 Å². The van der Waals surface area contributed by atoms with Crippen molar-refractivity contribution >= 4 is 11.7 Å². The molecule has 0 saturated carbocycles. The molecule has 0 radical (unpaired) electrons. The summed E-state index contributed by atoms with van der Waals surface area (Å²) in [6.07, 6.45) is 2.96. The molecule has 1 unspecified atom stereocenters. The first kappa shape index (κ1) is 21.7.